The van der Waals surface area contributed by atoms with Crippen LogP contribution in [-0.4, -0.2) is 36.6 Å². The lowest BCUT2D eigenvalue weighted by Crippen LogP contribution is -2.28. The van der Waals surface area contributed by atoms with Gasteiger partial charge < -0.3 is 19.7 Å². The first-order valence-electron chi connectivity index (χ1n) is 6.79. The minimum atomic E-state index is -0.836. The molecule has 0 aliphatic heterocycles. The molecule has 0 aliphatic rings. The molecule has 1 heterocycles. The van der Waals surface area contributed by atoms with Crippen LogP contribution in [0.25, 0.3) is 0 Å². The molecule has 1 aromatic heterocycles. The highest BCUT2D eigenvalue weighted by Gasteiger charge is 2.12. The molecule has 1 amide bonds. The van der Waals surface area contributed by atoms with Crippen molar-refractivity contribution >= 4 is 5.91 Å². The molecule has 112 valence electrons. The van der Waals surface area contributed by atoms with Gasteiger partial charge in [0.05, 0.1) is 12.8 Å². The highest BCUT2D eigenvalue weighted by Crippen LogP contribution is 2.12. The molecule has 5 nitrogen and oxygen atoms in total. The Hall–Kier alpha value is -2.11. The van der Waals surface area contributed by atoms with Crippen LogP contribution < -0.4 is 5.32 Å². The summed E-state index contributed by atoms with van der Waals surface area (Å²) in [6.07, 6.45) is 0.654. The van der Waals surface area contributed by atoms with Crippen LogP contribution in [0, 0.1) is 0 Å². The number of nitrogens with one attached hydrogen (secondary N) is 1. The van der Waals surface area contributed by atoms with Gasteiger partial charge in [-0.2, -0.15) is 0 Å². The van der Waals surface area contributed by atoms with E-state index in [-0.39, 0.29) is 12.5 Å². The fourth-order valence-electron chi connectivity index (χ4n) is 2.00. The number of hydrogen-bond donors (Lipinski definition) is 2. The third kappa shape index (κ3) is 4.44. The zero-order chi connectivity index (χ0) is 15.2. The van der Waals surface area contributed by atoms with Gasteiger partial charge in [-0.25, -0.2) is 0 Å². The van der Waals surface area contributed by atoms with Crippen LogP contribution in [0.4, 0.5) is 0 Å². The molecule has 0 fully saturated rings. The van der Waals surface area contributed by atoms with Crippen molar-refractivity contribution in [1.82, 2.24) is 10.2 Å². The second-order valence-corrected chi connectivity index (χ2v) is 5.18. The molecule has 0 bridgehead atoms. The number of rotatable bonds is 6. The minimum Gasteiger partial charge on any atom is -0.467 e. The minimum absolute atomic E-state index is 0.117. The summed E-state index contributed by atoms with van der Waals surface area (Å²) in [6.45, 7) is 0.949. The number of amides is 1. The predicted molar refractivity (Wildman–Crippen MR) is 79.8 cm³/mol. The van der Waals surface area contributed by atoms with Gasteiger partial charge in [0.1, 0.15) is 11.9 Å². The van der Waals surface area contributed by atoms with Gasteiger partial charge in [-0.15, -0.1) is 0 Å². The lowest BCUT2D eigenvalue weighted by atomic mass is 10.1. The first-order valence-corrected chi connectivity index (χ1v) is 6.79. The van der Waals surface area contributed by atoms with E-state index in [2.05, 4.69) is 10.2 Å². The summed E-state index contributed by atoms with van der Waals surface area (Å²) in [7, 11) is 3.99. The van der Waals surface area contributed by atoms with Gasteiger partial charge in [0.15, 0.2) is 0 Å². The second kappa shape index (κ2) is 7.06. The molecule has 0 saturated carbocycles. The Morgan fingerprint density at radius 1 is 1.29 bits per heavy atom. The van der Waals surface area contributed by atoms with Gasteiger partial charge in [0.2, 0.25) is 0 Å². The molecule has 0 aliphatic carbocycles. The third-order valence-electron chi connectivity index (χ3n) is 3.04. The van der Waals surface area contributed by atoms with Crippen molar-refractivity contribution in [2.75, 3.05) is 20.6 Å². The van der Waals surface area contributed by atoms with Crippen molar-refractivity contribution in [3.63, 3.8) is 0 Å². The topological polar surface area (TPSA) is 65.7 Å². The lowest BCUT2D eigenvalue weighted by molar-refractivity contribution is 0.0901. The van der Waals surface area contributed by atoms with Gasteiger partial charge in [-0.3, -0.25) is 4.79 Å². The number of furan rings is 1. The number of carbonyl (C=O) groups excluding carboxylic acids is 1. The molecule has 2 N–H and O–H groups in total. The molecule has 0 radical (unpaired) electrons. The summed E-state index contributed by atoms with van der Waals surface area (Å²) in [5, 5.41) is 12.5. The Balaban J connectivity index is 1.88. The summed E-state index contributed by atoms with van der Waals surface area (Å²) < 4.78 is 5.08. The van der Waals surface area contributed by atoms with E-state index in [1.54, 1.807) is 24.3 Å². The molecule has 1 atom stereocenters. The van der Waals surface area contributed by atoms with E-state index in [0.717, 1.165) is 12.1 Å². The van der Waals surface area contributed by atoms with Crippen LogP contribution in [0.3, 0.4) is 0 Å². The molecule has 5 heteroatoms. The molecule has 1 aromatic carbocycles. The number of benzene rings is 1. The van der Waals surface area contributed by atoms with Crippen LogP contribution in [0.2, 0.25) is 0 Å². The maximum atomic E-state index is 12.0. The fourth-order valence-corrected chi connectivity index (χ4v) is 2.00. The Morgan fingerprint density at radius 3 is 2.57 bits per heavy atom. The molecule has 2 aromatic rings. The maximum Gasteiger partial charge on any atom is 0.251 e. The van der Waals surface area contributed by atoms with Crippen LogP contribution in [0.5, 0.6) is 0 Å². The fraction of sp³-hybridized carbons (Fsp3) is 0.312. The lowest BCUT2D eigenvalue weighted by Gasteiger charge is -2.11. The molecular weight excluding hydrogens is 268 g/mol. The quantitative estimate of drug-likeness (QED) is 0.850. The first-order chi connectivity index (χ1) is 10.1. The van der Waals surface area contributed by atoms with Crippen molar-refractivity contribution in [3.8, 4) is 0 Å². The maximum absolute atomic E-state index is 12.0. The van der Waals surface area contributed by atoms with Crippen LogP contribution in [0.15, 0.2) is 47.1 Å². The average molecular weight is 288 g/mol. The van der Waals surface area contributed by atoms with Gasteiger partial charge >= 0.3 is 0 Å². The summed E-state index contributed by atoms with van der Waals surface area (Å²) in [6, 6.07) is 10.8. The number of hydrogen-bond acceptors (Lipinski definition) is 4. The summed E-state index contributed by atoms with van der Waals surface area (Å²) >= 11 is 0. The SMILES string of the molecule is CN(C)Cc1ccc(C(=O)NCC(O)c2ccco2)cc1. The van der Waals surface area contributed by atoms with E-state index in [4.69, 9.17) is 4.42 Å². The molecule has 1 unspecified atom stereocenters. The largest absolute Gasteiger partial charge is 0.467 e. The Labute approximate surface area is 124 Å². The van der Waals surface area contributed by atoms with E-state index in [1.165, 1.54) is 6.26 Å². The first kappa shape index (κ1) is 15.3. The Bertz CT molecular complexity index is 562. The zero-order valence-electron chi connectivity index (χ0n) is 12.2. The number of aliphatic hydroxyl groups is 1. The van der Waals surface area contributed by atoms with E-state index in [1.807, 2.05) is 26.2 Å². The van der Waals surface area contributed by atoms with E-state index in [0.29, 0.717) is 11.3 Å². The predicted octanol–water partition coefficient (Wildman–Crippen LogP) is 1.80. The van der Waals surface area contributed by atoms with Crippen molar-refractivity contribution < 1.29 is 14.3 Å². The zero-order valence-corrected chi connectivity index (χ0v) is 12.2. The Morgan fingerprint density at radius 2 is 2.00 bits per heavy atom. The third-order valence-corrected chi connectivity index (χ3v) is 3.04. The number of aliphatic hydroxyl groups excluding tert-OH is 1. The monoisotopic (exact) mass is 288 g/mol. The smallest absolute Gasteiger partial charge is 0.251 e. The van der Waals surface area contributed by atoms with E-state index < -0.39 is 6.10 Å². The van der Waals surface area contributed by atoms with Gasteiger partial charge in [-0.1, -0.05) is 12.1 Å². The Kier molecular flexibility index (Phi) is 5.14. The van der Waals surface area contributed by atoms with Gasteiger partial charge in [0.25, 0.3) is 5.91 Å². The normalized spacial score (nSPS) is 12.4. The van der Waals surface area contributed by atoms with Crippen LogP contribution in [-0.2, 0) is 6.54 Å². The van der Waals surface area contributed by atoms with Gasteiger partial charge in [0, 0.05) is 12.1 Å². The van der Waals surface area contributed by atoms with Crippen molar-refractivity contribution in [2.45, 2.75) is 12.6 Å². The van der Waals surface area contributed by atoms with Crippen molar-refractivity contribution in [1.29, 1.82) is 0 Å². The molecule has 21 heavy (non-hydrogen) atoms. The number of carbonyl (C=O) groups is 1. The van der Waals surface area contributed by atoms with Crippen LogP contribution >= 0.6 is 0 Å². The summed E-state index contributed by atoms with van der Waals surface area (Å²) in [5.74, 6) is 0.230. The summed E-state index contributed by atoms with van der Waals surface area (Å²) in [4.78, 5) is 14.1. The molecule has 0 spiro atoms. The molecular formula is C16H20N2O3. The molecule has 0 saturated heterocycles. The average Bonchev–Trinajstić information content (AvgIpc) is 2.99. The summed E-state index contributed by atoms with van der Waals surface area (Å²) in [5.41, 5.74) is 1.72. The van der Waals surface area contributed by atoms with Crippen molar-refractivity contribution in [2.24, 2.45) is 0 Å². The van der Waals surface area contributed by atoms with E-state index in [9.17, 15) is 9.90 Å². The van der Waals surface area contributed by atoms with Crippen molar-refractivity contribution in [3.05, 3.63) is 59.5 Å². The van der Waals surface area contributed by atoms with Crippen LogP contribution in [0.1, 0.15) is 27.8 Å². The highest BCUT2D eigenvalue weighted by molar-refractivity contribution is 5.94. The number of nitrogens with zero attached hydrogens (tertiary/aromatic N) is 1. The highest BCUT2D eigenvalue weighted by atomic mass is 16.4. The van der Waals surface area contributed by atoms with E-state index >= 15 is 0 Å². The standard InChI is InChI=1S/C16H20N2O3/c1-18(2)11-12-5-7-13(8-6-12)16(20)17-10-14(19)15-4-3-9-21-15/h3-9,14,19H,10-11H2,1-2H3,(H,17,20). The second-order valence-electron chi connectivity index (χ2n) is 5.18. The van der Waals surface area contributed by atoms with Gasteiger partial charge in [-0.05, 0) is 43.9 Å². The molecule has 2 rings (SSSR count).